The Kier molecular flexibility index (Phi) is 4.49. The first-order valence-electron chi connectivity index (χ1n) is 6.83. The first kappa shape index (κ1) is 15.8. The fourth-order valence-electron chi connectivity index (χ4n) is 1.99. The van der Waals surface area contributed by atoms with Gasteiger partial charge in [-0.05, 0) is 19.9 Å². The molecule has 3 rings (SSSR count). The monoisotopic (exact) mass is 349 g/mol. The van der Waals surface area contributed by atoms with Crippen LogP contribution in [-0.4, -0.2) is 31.4 Å². The van der Waals surface area contributed by atoms with Gasteiger partial charge in [-0.3, -0.25) is 4.79 Å². The number of thioether (sulfide) groups is 1. The Morgan fingerprint density at radius 3 is 2.91 bits per heavy atom. The van der Waals surface area contributed by atoms with Crippen molar-refractivity contribution in [3.05, 3.63) is 29.2 Å². The number of aryl methyl sites for hydroxylation is 2. The van der Waals surface area contributed by atoms with E-state index in [4.69, 9.17) is 4.42 Å². The summed E-state index contributed by atoms with van der Waals surface area (Å²) in [6.45, 7) is 3.76. The fraction of sp³-hybridized carbons (Fsp3) is 0.286. The van der Waals surface area contributed by atoms with E-state index in [2.05, 4.69) is 20.5 Å². The van der Waals surface area contributed by atoms with Gasteiger partial charge in [0.2, 0.25) is 5.91 Å². The first-order chi connectivity index (χ1) is 11.0. The van der Waals surface area contributed by atoms with Gasteiger partial charge < -0.3 is 14.3 Å². The van der Waals surface area contributed by atoms with Gasteiger partial charge in [0.15, 0.2) is 16.1 Å². The minimum Gasteiger partial charge on any atom is -0.469 e. The molecule has 120 valence electrons. The highest BCUT2D eigenvalue weighted by molar-refractivity contribution is 7.99. The molecule has 3 heterocycles. The molecule has 7 nitrogen and oxygen atoms in total. The second kappa shape index (κ2) is 6.55. The molecular formula is C14H15N5O2S2. The summed E-state index contributed by atoms with van der Waals surface area (Å²) in [5.74, 6) is 1.63. The quantitative estimate of drug-likeness (QED) is 0.713. The van der Waals surface area contributed by atoms with E-state index >= 15 is 0 Å². The SMILES string of the molecule is Cc1csc(NC(=O)CSc2nnc(-c3ccoc3C)n2C)n1. The maximum absolute atomic E-state index is 12.0. The number of aromatic nitrogens is 4. The van der Waals surface area contributed by atoms with Crippen molar-refractivity contribution in [3.63, 3.8) is 0 Å². The molecule has 0 aliphatic rings. The zero-order valence-electron chi connectivity index (χ0n) is 12.9. The highest BCUT2D eigenvalue weighted by Gasteiger charge is 2.16. The summed E-state index contributed by atoms with van der Waals surface area (Å²) in [6, 6.07) is 1.85. The number of nitrogens with zero attached hydrogens (tertiary/aromatic N) is 4. The lowest BCUT2D eigenvalue weighted by Gasteiger charge is -2.03. The number of nitrogens with one attached hydrogen (secondary N) is 1. The summed E-state index contributed by atoms with van der Waals surface area (Å²) in [5.41, 5.74) is 1.79. The second-order valence-corrected chi connectivity index (χ2v) is 6.69. The van der Waals surface area contributed by atoms with Crippen LogP contribution in [0, 0.1) is 13.8 Å². The molecule has 0 fully saturated rings. The number of anilines is 1. The fourth-order valence-corrected chi connectivity index (χ4v) is 3.40. The molecular weight excluding hydrogens is 334 g/mol. The molecule has 0 aliphatic heterocycles. The standard InChI is InChI=1S/C14H15N5O2S2/c1-8-6-22-13(15-8)16-11(20)7-23-14-18-17-12(19(14)3)10-4-5-21-9(10)2/h4-6H,7H2,1-3H3,(H,15,16,20). The molecule has 1 N–H and O–H groups in total. The molecule has 9 heteroatoms. The Morgan fingerprint density at radius 1 is 1.43 bits per heavy atom. The third kappa shape index (κ3) is 3.45. The lowest BCUT2D eigenvalue weighted by molar-refractivity contribution is -0.113. The number of hydrogen-bond donors (Lipinski definition) is 1. The third-order valence-electron chi connectivity index (χ3n) is 3.13. The van der Waals surface area contributed by atoms with E-state index in [1.807, 2.05) is 36.9 Å². The Morgan fingerprint density at radius 2 is 2.26 bits per heavy atom. The molecule has 23 heavy (non-hydrogen) atoms. The zero-order valence-corrected chi connectivity index (χ0v) is 14.5. The summed E-state index contributed by atoms with van der Waals surface area (Å²) >= 11 is 2.74. The van der Waals surface area contributed by atoms with Crippen molar-refractivity contribution in [3.8, 4) is 11.4 Å². The van der Waals surface area contributed by atoms with E-state index < -0.39 is 0 Å². The maximum Gasteiger partial charge on any atom is 0.236 e. The van der Waals surface area contributed by atoms with Crippen LogP contribution in [0.1, 0.15) is 11.5 Å². The molecule has 0 aromatic carbocycles. The Balaban J connectivity index is 1.64. The van der Waals surface area contributed by atoms with E-state index in [0.29, 0.717) is 10.3 Å². The first-order valence-corrected chi connectivity index (χ1v) is 8.69. The van der Waals surface area contributed by atoms with Crippen LogP contribution in [0.5, 0.6) is 0 Å². The van der Waals surface area contributed by atoms with Crippen molar-refractivity contribution >= 4 is 34.1 Å². The zero-order chi connectivity index (χ0) is 16.4. The Hall–Kier alpha value is -2.13. The molecule has 3 aromatic rings. The number of thiazole rings is 1. The summed E-state index contributed by atoms with van der Waals surface area (Å²) in [5, 5.41) is 14.3. The third-order valence-corrected chi connectivity index (χ3v) is 5.03. The number of carbonyl (C=O) groups is 1. The Bertz CT molecular complexity index is 836. The number of carbonyl (C=O) groups excluding carboxylic acids is 1. The molecule has 3 aromatic heterocycles. The number of furan rings is 1. The topological polar surface area (TPSA) is 85.8 Å². The van der Waals surface area contributed by atoms with Crippen LogP contribution in [0.2, 0.25) is 0 Å². The van der Waals surface area contributed by atoms with Crippen LogP contribution in [0.15, 0.2) is 27.3 Å². The van der Waals surface area contributed by atoms with Gasteiger partial charge in [-0.2, -0.15) is 0 Å². The molecule has 0 radical (unpaired) electrons. The van der Waals surface area contributed by atoms with Crippen molar-refractivity contribution in [1.29, 1.82) is 0 Å². The predicted molar refractivity (Wildman–Crippen MR) is 89.6 cm³/mol. The average Bonchev–Trinajstić information content (AvgIpc) is 3.19. The van der Waals surface area contributed by atoms with Crippen LogP contribution in [0.25, 0.3) is 11.4 Å². The minimum absolute atomic E-state index is 0.117. The summed E-state index contributed by atoms with van der Waals surface area (Å²) < 4.78 is 7.14. The van der Waals surface area contributed by atoms with Crippen molar-refractivity contribution in [1.82, 2.24) is 19.7 Å². The van der Waals surface area contributed by atoms with E-state index in [9.17, 15) is 4.79 Å². The van der Waals surface area contributed by atoms with Gasteiger partial charge >= 0.3 is 0 Å². The second-order valence-electron chi connectivity index (χ2n) is 4.89. The van der Waals surface area contributed by atoms with Gasteiger partial charge in [0, 0.05) is 12.4 Å². The smallest absolute Gasteiger partial charge is 0.236 e. The van der Waals surface area contributed by atoms with E-state index in [-0.39, 0.29) is 11.7 Å². The van der Waals surface area contributed by atoms with Gasteiger partial charge in [0.25, 0.3) is 0 Å². The van der Waals surface area contributed by atoms with E-state index in [1.165, 1.54) is 23.1 Å². The Labute approximate surface area is 141 Å². The van der Waals surface area contributed by atoms with Crippen LogP contribution in [-0.2, 0) is 11.8 Å². The molecule has 0 atom stereocenters. The van der Waals surface area contributed by atoms with Gasteiger partial charge in [0.05, 0.1) is 23.3 Å². The minimum atomic E-state index is -0.117. The maximum atomic E-state index is 12.0. The number of amides is 1. The van der Waals surface area contributed by atoms with Crippen molar-refractivity contribution in [2.24, 2.45) is 7.05 Å². The highest BCUT2D eigenvalue weighted by atomic mass is 32.2. The molecule has 0 spiro atoms. The summed E-state index contributed by atoms with van der Waals surface area (Å²) in [4.78, 5) is 16.2. The molecule has 0 unspecified atom stereocenters. The van der Waals surface area contributed by atoms with Gasteiger partial charge in [-0.15, -0.1) is 21.5 Å². The molecule has 0 saturated heterocycles. The van der Waals surface area contributed by atoms with Crippen LogP contribution in [0.4, 0.5) is 5.13 Å². The average molecular weight is 349 g/mol. The largest absolute Gasteiger partial charge is 0.469 e. The summed E-state index contributed by atoms with van der Waals surface area (Å²) in [7, 11) is 1.87. The van der Waals surface area contributed by atoms with Gasteiger partial charge in [0.1, 0.15) is 5.76 Å². The molecule has 0 aliphatic carbocycles. The normalized spacial score (nSPS) is 10.9. The molecule has 0 bridgehead atoms. The van der Waals surface area contributed by atoms with E-state index in [1.54, 1.807) is 6.26 Å². The van der Waals surface area contributed by atoms with Gasteiger partial charge in [-0.1, -0.05) is 11.8 Å². The van der Waals surface area contributed by atoms with Crippen molar-refractivity contribution < 1.29 is 9.21 Å². The van der Waals surface area contributed by atoms with Crippen molar-refractivity contribution in [2.45, 2.75) is 19.0 Å². The lowest BCUT2D eigenvalue weighted by Crippen LogP contribution is -2.14. The number of rotatable bonds is 5. The van der Waals surface area contributed by atoms with Crippen LogP contribution >= 0.6 is 23.1 Å². The lowest BCUT2D eigenvalue weighted by atomic mass is 10.2. The van der Waals surface area contributed by atoms with E-state index in [0.717, 1.165) is 22.8 Å². The highest BCUT2D eigenvalue weighted by Crippen LogP contribution is 2.26. The molecule has 1 amide bonds. The predicted octanol–water partition coefficient (Wildman–Crippen LogP) is 2.88. The van der Waals surface area contributed by atoms with Crippen LogP contribution in [0.3, 0.4) is 0 Å². The molecule has 0 saturated carbocycles. The summed E-state index contributed by atoms with van der Waals surface area (Å²) in [6.07, 6.45) is 1.62. The van der Waals surface area contributed by atoms with Gasteiger partial charge in [-0.25, -0.2) is 4.98 Å². The van der Waals surface area contributed by atoms with Crippen molar-refractivity contribution in [2.75, 3.05) is 11.1 Å². The number of hydrogen-bond acceptors (Lipinski definition) is 7. The van der Waals surface area contributed by atoms with Crippen LogP contribution < -0.4 is 5.32 Å².